The van der Waals surface area contributed by atoms with Gasteiger partial charge in [0, 0.05) is 11.8 Å². The Balaban J connectivity index is 3.04. The Labute approximate surface area is 104 Å². The van der Waals surface area contributed by atoms with Crippen molar-refractivity contribution in [2.24, 2.45) is 0 Å². The molecule has 0 aromatic heterocycles. The maximum Gasteiger partial charge on any atom is 0.0412 e. The lowest BCUT2D eigenvalue weighted by molar-refractivity contribution is 0.656. The first-order chi connectivity index (χ1) is 7.60. The van der Waals surface area contributed by atoms with Crippen molar-refractivity contribution >= 4 is 11.8 Å². The summed E-state index contributed by atoms with van der Waals surface area (Å²) in [7, 11) is 2.04. The Morgan fingerprint density at radius 1 is 1.31 bits per heavy atom. The van der Waals surface area contributed by atoms with E-state index < -0.39 is 0 Å². The molecule has 0 bridgehead atoms. The van der Waals surface area contributed by atoms with E-state index >= 15 is 0 Å². The zero-order valence-electron chi connectivity index (χ0n) is 11.0. The summed E-state index contributed by atoms with van der Waals surface area (Å²) >= 11 is 1.89. The Morgan fingerprint density at radius 3 is 2.50 bits per heavy atom. The van der Waals surface area contributed by atoms with Crippen LogP contribution in [-0.2, 0) is 0 Å². The summed E-state index contributed by atoms with van der Waals surface area (Å²) in [4.78, 5) is 0. The normalized spacial score (nSPS) is 13.1. The molecule has 0 heterocycles. The quantitative estimate of drug-likeness (QED) is 0.837. The first-order valence-electron chi connectivity index (χ1n) is 5.86. The number of nitrogens with one attached hydrogen (secondary N) is 1. The molecule has 1 aromatic carbocycles. The van der Waals surface area contributed by atoms with Crippen LogP contribution in [0, 0.1) is 6.92 Å². The molecule has 1 atom stereocenters. The molecule has 0 spiro atoms. The number of hydrogen-bond donors (Lipinski definition) is 1. The third kappa shape index (κ3) is 3.26. The predicted octanol–water partition coefficient (Wildman–Crippen LogP) is 3.74. The standard InChI is InChI=1S/C14H23NS/c1-10(2)12-7-6-11(3)13(8-12)14(15-4)9-16-5/h6-8,10,14-15H,9H2,1-5H3. The van der Waals surface area contributed by atoms with Crippen LogP contribution in [0.5, 0.6) is 0 Å². The van der Waals surface area contributed by atoms with Crippen molar-refractivity contribution < 1.29 is 0 Å². The number of benzene rings is 1. The van der Waals surface area contributed by atoms with Crippen molar-refractivity contribution in [1.29, 1.82) is 0 Å². The van der Waals surface area contributed by atoms with Gasteiger partial charge in [-0.15, -0.1) is 0 Å². The van der Waals surface area contributed by atoms with Crippen molar-refractivity contribution in [2.75, 3.05) is 19.1 Å². The maximum atomic E-state index is 3.41. The monoisotopic (exact) mass is 237 g/mol. The molecule has 16 heavy (non-hydrogen) atoms. The van der Waals surface area contributed by atoms with E-state index in [1.165, 1.54) is 16.7 Å². The van der Waals surface area contributed by atoms with Crippen LogP contribution in [0.25, 0.3) is 0 Å². The van der Waals surface area contributed by atoms with Crippen LogP contribution in [0.2, 0.25) is 0 Å². The van der Waals surface area contributed by atoms with Crippen LogP contribution >= 0.6 is 11.8 Å². The summed E-state index contributed by atoms with van der Waals surface area (Å²) in [5, 5.41) is 3.41. The van der Waals surface area contributed by atoms with Gasteiger partial charge in [-0.1, -0.05) is 32.0 Å². The minimum absolute atomic E-state index is 0.466. The predicted molar refractivity (Wildman–Crippen MR) is 75.5 cm³/mol. The van der Waals surface area contributed by atoms with Crippen molar-refractivity contribution in [3.8, 4) is 0 Å². The lowest BCUT2D eigenvalue weighted by Crippen LogP contribution is -2.20. The van der Waals surface area contributed by atoms with Gasteiger partial charge in [0.2, 0.25) is 0 Å². The second-order valence-electron chi connectivity index (χ2n) is 4.57. The molecule has 2 heteroatoms. The summed E-state index contributed by atoms with van der Waals surface area (Å²) in [6.45, 7) is 6.69. The molecule has 1 unspecified atom stereocenters. The van der Waals surface area contributed by atoms with Crippen LogP contribution in [0.3, 0.4) is 0 Å². The molecule has 1 rings (SSSR count). The second-order valence-corrected chi connectivity index (χ2v) is 5.48. The van der Waals surface area contributed by atoms with Gasteiger partial charge >= 0.3 is 0 Å². The summed E-state index contributed by atoms with van der Waals surface area (Å²) in [5.74, 6) is 1.73. The molecular formula is C14H23NS. The fourth-order valence-corrected chi connectivity index (χ4v) is 2.57. The van der Waals surface area contributed by atoms with E-state index in [0.717, 1.165) is 5.75 Å². The number of hydrogen-bond acceptors (Lipinski definition) is 2. The molecule has 0 aliphatic rings. The number of rotatable bonds is 5. The van der Waals surface area contributed by atoms with E-state index in [4.69, 9.17) is 0 Å². The van der Waals surface area contributed by atoms with Gasteiger partial charge in [0.05, 0.1) is 0 Å². The highest BCUT2D eigenvalue weighted by atomic mass is 32.2. The van der Waals surface area contributed by atoms with Gasteiger partial charge in [-0.05, 0) is 42.8 Å². The van der Waals surface area contributed by atoms with Crippen LogP contribution in [0.15, 0.2) is 18.2 Å². The van der Waals surface area contributed by atoms with Crippen molar-refractivity contribution in [1.82, 2.24) is 5.32 Å². The first-order valence-corrected chi connectivity index (χ1v) is 7.26. The van der Waals surface area contributed by atoms with E-state index in [1.54, 1.807) is 0 Å². The van der Waals surface area contributed by atoms with Gasteiger partial charge in [0.15, 0.2) is 0 Å². The SMILES string of the molecule is CNC(CSC)c1cc(C(C)C)ccc1C. The largest absolute Gasteiger partial charge is 0.312 e. The lowest BCUT2D eigenvalue weighted by atomic mass is 9.95. The fraction of sp³-hybridized carbons (Fsp3) is 0.571. The van der Waals surface area contributed by atoms with Gasteiger partial charge in [-0.2, -0.15) is 11.8 Å². The Kier molecular flexibility index (Phi) is 5.36. The average molecular weight is 237 g/mol. The topological polar surface area (TPSA) is 12.0 Å². The highest BCUT2D eigenvalue weighted by molar-refractivity contribution is 7.98. The van der Waals surface area contributed by atoms with Gasteiger partial charge in [0.1, 0.15) is 0 Å². The van der Waals surface area contributed by atoms with Crippen LogP contribution in [-0.4, -0.2) is 19.1 Å². The van der Waals surface area contributed by atoms with E-state index in [0.29, 0.717) is 12.0 Å². The lowest BCUT2D eigenvalue weighted by Gasteiger charge is -2.19. The summed E-state index contributed by atoms with van der Waals surface area (Å²) in [6.07, 6.45) is 2.16. The van der Waals surface area contributed by atoms with E-state index in [-0.39, 0.29) is 0 Å². The first kappa shape index (κ1) is 13.6. The smallest absolute Gasteiger partial charge is 0.0412 e. The highest BCUT2D eigenvalue weighted by Crippen LogP contribution is 2.25. The van der Waals surface area contributed by atoms with Gasteiger partial charge in [0.25, 0.3) is 0 Å². The molecule has 0 saturated heterocycles. The summed E-state index contributed by atoms with van der Waals surface area (Å²) in [6, 6.07) is 7.32. The summed E-state index contributed by atoms with van der Waals surface area (Å²) in [5.41, 5.74) is 4.27. The molecule has 0 aliphatic heterocycles. The molecule has 0 fully saturated rings. The van der Waals surface area contributed by atoms with Gasteiger partial charge in [-0.3, -0.25) is 0 Å². The Bertz CT molecular complexity index is 334. The van der Waals surface area contributed by atoms with Gasteiger partial charge < -0.3 is 5.32 Å². The average Bonchev–Trinajstić information content (AvgIpc) is 2.26. The van der Waals surface area contributed by atoms with E-state index in [2.05, 4.69) is 50.5 Å². The van der Waals surface area contributed by atoms with Crippen molar-refractivity contribution in [3.05, 3.63) is 34.9 Å². The number of aryl methyl sites for hydroxylation is 1. The molecule has 0 amide bonds. The third-order valence-corrected chi connectivity index (χ3v) is 3.69. The van der Waals surface area contributed by atoms with Crippen LogP contribution in [0.4, 0.5) is 0 Å². The minimum atomic E-state index is 0.466. The molecule has 0 aliphatic carbocycles. The zero-order chi connectivity index (χ0) is 12.1. The molecule has 90 valence electrons. The molecule has 1 N–H and O–H groups in total. The number of thioether (sulfide) groups is 1. The van der Waals surface area contributed by atoms with E-state index in [9.17, 15) is 0 Å². The minimum Gasteiger partial charge on any atom is -0.312 e. The fourth-order valence-electron chi connectivity index (χ4n) is 1.89. The van der Waals surface area contributed by atoms with Crippen molar-refractivity contribution in [3.63, 3.8) is 0 Å². The molecule has 1 nitrogen and oxygen atoms in total. The maximum absolute atomic E-state index is 3.41. The van der Waals surface area contributed by atoms with E-state index in [1.807, 2.05) is 18.8 Å². The van der Waals surface area contributed by atoms with Crippen LogP contribution in [0.1, 0.15) is 42.5 Å². The molecule has 0 radical (unpaired) electrons. The Hall–Kier alpha value is -0.470. The molecule has 1 aromatic rings. The van der Waals surface area contributed by atoms with Gasteiger partial charge in [-0.25, -0.2) is 0 Å². The highest BCUT2D eigenvalue weighted by Gasteiger charge is 2.12. The Morgan fingerprint density at radius 2 is 2.00 bits per heavy atom. The van der Waals surface area contributed by atoms with Crippen molar-refractivity contribution in [2.45, 2.75) is 32.7 Å². The zero-order valence-corrected chi connectivity index (χ0v) is 11.8. The third-order valence-electron chi connectivity index (χ3n) is 3.03. The second kappa shape index (κ2) is 6.31. The summed E-state index contributed by atoms with van der Waals surface area (Å²) < 4.78 is 0. The molecular weight excluding hydrogens is 214 g/mol. The van der Waals surface area contributed by atoms with Crippen LogP contribution < -0.4 is 5.32 Å². The molecule has 0 saturated carbocycles.